The van der Waals surface area contributed by atoms with E-state index in [9.17, 15) is 14.7 Å². The molecule has 20 heavy (non-hydrogen) atoms. The average Bonchev–Trinajstić information content (AvgIpc) is 3.15. The third-order valence-electron chi connectivity index (χ3n) is 3.53. The van der Waals surface area contributed by atoms with Crippen LogP contribution in [0.4, 0.5) is 0 Å². The lowest BCUT2D eigenvalue weighted by Gasteiger charge is -2.08. The van der Waals surface area contributed by atoms with E-state index < -0.39 is 5.97 Å². The molecular weight excluding hydrogens is 256 g/mol. The number of hydrogen-bond acceptors (Lipinski definition) is 2. The van der Waals surface area contributed by atoms with Crippen molar-refractivity contribution in [3.05, 3.63) is 36.0 Å². The maximum absolute atomic E-state index is 11.7. The highest BCUT2D eigenvalue weighted by molar-refractivity contribution is 5.94. The maximum atomic E-state index is 11.7. The Morgan fingerprint density at radius 1 is 1.30 bits per heavy atom. The zero-order valence-electron chi connectivity index (χ0n) is 11.0. The summed E-state index contributed by atoms with van der Waals surface area (Å²) >= 11 is 0. The summed E-state index contributed by atoms with van der Waals surface area (Å²) in [6.07, 6.45) is 2.41. The van der Waals surface area contributed by atoms with Crippen LogP contribution in [0.5, 0.6) is 0 Å². The van der Waals surface area contributed by atoms with E-state index in [1.54, 1.807) is 10.6 Å². The summed E-state index contributed by atoms with van der Waals surface area (Å²) in [6.45, 7) is 0.383. The van der Waals surface area contributed by atoms with E-state index in [1.165, 1.54) is 0 Å². The Morgan fingerprint density at radius 3 is 2.75 bits per heavy atom. The number of carbonyl (C=O) groups excluding carboxylic acids is 1. The fourth-order valence-electron chi connectivity index (χ4n) is 2.37. The molecule has 104 valence electrons. The normalized spacial score (nSPS) is 14.4. The fraction of sp³-hybridized carbons (Fsp3) is 0.333. The molecule has 1 aromatic carbocycles. The predicted molar refractivity (Wildman–Crippen MR) is 74.7 cm³/mol. The lowest BCUT2D eigenvalue weighted by molar-refractivity contribution is -0.121. The lowest BCUT2D eigenvalue weighted by Crippen LogP contribution is -2.26. The number of amides is 1. The number of aromatic nitrogens is 1. The average molecular weight is 272 g/mol. The summed E-state index contributed by atoms with van der Waals surface area (Å²) in [6, 6.07) is 9.48. The number of rotatable bonds is 5. The summed E-state index contributed by atoms with van der Waals surface area (Å²) in [7, 11) is 0. The minimum absolute atomic E-state index is 0.0124. The predicted octanol–water partition coefficient (Wildman–Crippen LogP) is 2.01. The van der Waals surface area contributed by atoms with Crippen LogP contribution >= 0.6 is 0 Å². The Bertz CT molecular complexity index is 671. The Labute approximate surface area is 116 Å². The van der Waals surface area contributed by atoms with Gasteiger partial charge in [-0.05, 0) is 25.0 Å². The van der Waals surface area contributed by atoms with Crippen molar-refractivity contribution in [2.24, 2.45) is 0 Å². The Morgan fingerprint density at radius 2 is 2.05 bits per heavy atom. The van der Waals surface area contributed by atoms with Gasteiger partial charge in [-0.25, -0.2) is 4.79 Å². The fourth-order valence-corrected chi connectivity index (χ4v) is 2.37. The van der Waals surface area contributed by atoms with Crippen LogP contribution < -0.4 is 5.32 Å². The molecule has 1 fully saturated rings. The summed E-state index contributed by atoms with van der Waals surface area (Å²) in [4.78, 5) is 23.0. The van der Waals surface area contributed by atoms with Crippen molar-refractivity contribution in [1.29, 1.82) is 0 Å². The molecule has 0 atom stereocenters. The minimum Gasteiger partial charge on any atom is -0.477 e. The number of benzene rings is 1. The van der Waals surface area contributed by atoms with E-state index >= 15 is 0 Å². The number of hydrogen-bond donors (Lipinski definition) is 2. The van der Waals surface area contributed by atoms with Crippen molar-refractivity contribution in [2.75, 3.05) is 0 Å². The van der Waals surface area contributed by atoms with Crippen LogP contribution in [0.15, 0.2) is 30.3 Å². The number of nitrogens with zero attached hydrogens (tertiary/aromatic N) is 1. The molecule has 1 aliphatic rings. The highest BCUT2D eigenvalue weighted by atomic mass is 16.4. The first-order valence-electron chi connectivity index (χ1n) is 6.76. The molecule has 0 spiro atoms. The van der Waals surface area contributed by atoms with Crippen LogP contribution in [0.1, 0.15) is 29.8 Å². The first-order valence-corrected chi connectivity index (χ1v) is 6.76. The van der Waals surface area contributed by atoms with Crippen molar-refractivity contribution < 1.29 is 14.7 Å². The zero-order valence-corrected chi connectivity index (χ0v) is 11.0. The van der Waals surface area contributed by atoms with E-state index in [-0.39, 0.29) is 11.6 Å². The Kier molecular flexibility index (Phi) is 3.18. The molecule has 0 aliphatic heterocycles. The first-order chi connectivity index (χ1) is 9.65. The summed E-state index contributed by atoms with van der Waals surface area (Å²) in [5.41, 5.74) is 1.08. The molecule has 1 heterocycles. The van der Waals surface area contributed by atoms with Gasteiger partial charge < -0.3 is 15.0 Å². The van der Waals surface area contributed by atoms with Crippen molar-refractivity contribution >= 4 is 22.8 Å². The molecule has 5 heteroatoms. The van der Waals surface area contributed by atoms with Crippen molar-refractivity contribution in [1.82, 2.24) is 9.88 Å². The quantitative estimate of drug-likeness (QED) is 0.874. The molecular formula is C15H16N2O3. The molecule has 0 radical (unpaired) electrons. The van der Waals surface area contributed by atoms with Crippen LogP contribution in [-0.2, 0) is 11.3 Å². The third-order valence-corrected chi connectivity index (χ3v) is 3.53. The molecule has 0 bridgehead atoms. The van der Waals surface area contributed by atoms with Gasteiger partial charge in [-0.15, -0.1) is 0 Å². The van der Waals surface area contributed by atoms with Crippen LogP contribution in [0.25, 0.3) is 10.9 Å². The maximum Gasteiger partial charge on any atom is 0.352 e. The van der Waals surface area contributed by atoms with Gasteiger partial charge in [0.2, 0.25) is 5.91 Å². The van der Waals surface area contributed by atoms with Gasteiger partial charge in [0.05, 0.1) is 0 Å². The van der Waals surface area contributed by atoms with Gasteiger partial charge in [0, 0.05) is 29.9 Å². The van der Waals surface area contributed by atoms with Crippen molar-refractivity contribution in [2.45, 2.75) is 31.8 Å². The number of para-hydroxylation sites is 1. The zero-order chi connectivity index (χ0) is 14.1. The molecule has 1 saturated carbocycles. The molecule has 1 aliphatic carbocycles. The highest BCUT2D eigenvalue weighted by Gasteiger charge is 2.23. The van der Waals surface area contributed by atoms with E-state index in [0.717, 1.165) is 23.7 Å². The third kappa shape index (κ3) is 2.52. The molecule has 1 aromatic heterocycles. The molecule has 0 saturated heterocycles. The minimum atomic E-state index is -0.969. The van der Waals surface area contributed by atoms with E-state index in [0.29, 0.717) is 19.0 Å². The Hall–Kier alpha value is -2.30. The van der Waals surface area contributed by atoms with Gasteiger partial charge in [0.1, 0.15) is 5.69 Å². The van der Waals surface area contributed by atoms with Gasteiger partial charge in [0.15, 0.2) is 0 Å². The molecule has 2 aromatic rings. The molecule has 5 nitrogen and oxygen atoms in total. The second-order valence-corrected chi connectivity index (χ2v) is 5.14. The number of aryl methyl sites for hydroxylation is 1. The van der Waals surface area contributed by atoms with Crippen molar-refractivity contribution in [3.63, 3.8) is 0 Å². The van der Waals surface area contributed by atoms with E-state index in [4.69, 9.17) is 0 Å². The topological polar surface area (TPSA) is 71.3 Å². The van der Waals surface area contributed by atoms with Gasteiger partial charge in [-0.2, -0.15) is 0 Å². The van der Waals surface area contributed by atoms with Gasteiger partial charge in [-0.1, -0.05) is 18.2 Å². The Balaban J connectivity index is 1.82. The molecule has 2 N–H and O–H groups in total. The smallest absolute Gasteiger partial charge is 0.352 e. The summed E-state index contributed by atoms with van der Waals surface area (Å²) < 4.78 is 1.70. The monoisotopic (exact) mass is 272 g/mol. The largest absolute Gasteiger partial charge is 0.477 e. The second-order valence-electron chi connectivity index (χ2n) is 5.14. The number of carboxylic acids is 1. The summed E-state index contributed by atoms with van der Waals surface area (Å²) in [5.74, 6) is -0.981. The highest BCUT2D eigenvalue weighted by Crippen LogP contribution is 2.21. The van der Waals surface area contributed by atoms with Crippen LogP contribution in [0, 0.1) is 0 Å². The van der Waals surface area contributed by atoms with Crippen molar-refractivity contribution in [3.8, 4) is 0 Å². The van der Waals surface area contributed by atoms with Gasteiger partial charge >= 0.3 is 5.97 Å². The second kappa shape index (κ2) is 5.00. The van der Waals surface area contributed by atoms with E-state index in [2.05, 4.69) is 5.32 Å². The molecule has 3 rings (SSSR count). The van der Waals surface area contributed by atoms with Crippen LogP contribution in [-0.4, -0.2) is 27.6 Å². The lowest BCUT2D eigenvalue weighted by atomic mass is 10.2. The van der Waals surface area contributed by atoms with Gasteiger partial charge in [0.25, 0.3) is 0 Å². The number of aromatic carboxylic acids is 1. The number of nitrogens with one attached hydrogen (secondary N) is 1. The van der Waals surface area contributed by atoms with Crippen LogP contribution in [0.3, 0.4) is 0 Å². The molecule has 1 amide bonds. The number of carbonyl (C=O) groups is 2. The summed E-state index contributed by atoms with van der Waals surface area (Å²) in [5, 5.41) is 13.1. The van der Waals surface area contributed by atoms with E-state index in [1.807, 2.05) is 24.3 Å². The van der Waals surface area contributed by atoms with Crippen LogP contribution in [0.2, 0.25) is 0 Å². The first kappa shape index (κ1) is 12.7. The van der Waals surface area contributed by atoms with Gasteiger partial charge in [-0.3, -0.25) is 4.79 Å². The standard InChI is InChI=1S/C15H16N2O3/c18-14(16-11-5-6-11)7-8-17-12-4-2-1-3-10(12)9-13(17)15(19)20/h1-4,9,11H,5-8H2,(H,16,18)(H,19,20). The number of carboxylic acid groups (broad SMARTS) is 1. The number of fused-ring (bicyclic) bond motifs is 1. The SMILES string of the molecule is O=C(CCn1c(C(=O)O)cc2ccccc21)NC1CC1. The molecule has 0 unspecified atom stereocenters.